The van der Waals surface area contributed by atoms with E-state index in [0.29, 0.717) is 5.56 Å². The van der Waals surface area contributed by atoms with E-state index in [-0.39, 0.29) is 49.3 Å². The number of esters is 2. The number of morpholine rings is 1. The molecule has 182 valence electrons. The third kappa shape index (κ3) is 5.01. The topological polar surface area (TPSA) is 68.4 Å². The molecule has 0 saturated carbocycles. The number of epoxide rings is 1. The predicted molar refractivity (Wildman–Crippen MR) is 124 cm³/mol. The van der Waals surface area contributed by atoms with Gasteiger partial charge in [0.15, 0.2) is 0 Å². The van der Waals surface area contributed by atoms with E-state index in [9.17, 15) is 14.0 Å². The molecule has 2 aromatic carbocycles. The third-order valence-corrected chi connectivity index (χ3v) is 6.61. The molecule has 0 aromatic heterocycles. The maximum Gasteiger partial charge on any atom is 0.338 e. The van der Waals surface area contributed by atoms with Gasteiger partial charge in [-0.05, 0) is 36.6 Å². The van der Waals surface area contributed by atoms with Gasteiger partial charge < -0.3 is 14.2 Å². The van der Waals surface area contributed by atoms with Crippen molar-refractivity contribution < 1.29 is 32.6 Å². The van der Waals surface area contributed by atoms with E-state index < -0.39 is 29.5 Å². The summed E-state index contributed by atoms with van der Waals surface area (Å²) in [5.41, 5.74) is 0.563. The van der Waals surface area contributed by atoms with Gasteiger partial charge in [0.05, 0.1) is 5.56 Å². The number of hydrogen-bond donors (Lipinski definition) is 0. The zero-order valence-corrected chi connectivity index (χ0v) is 20.4. The van der Waals surface area contributed by atoms with Crippen molar-refractivity contribution in [3.8, 4) is 0 Å². The first-order chi connectivity index (χ1) is 16.3. The summed E-state index contributed by atoms with van der Waals surface area (Å²) in [5.74, 6) is -3.45. The number of rotatable bonds is 6. The minimum atomic E-state index is -2.10. The number of piperidine rings is 1. The van der Waals surface area contributed by atoms with Crippen LogP contribution in [0.5, 0.6) is 0 Å². The van der Waals surface area contributed by atoms with Gasteiger partial charge in [0, 0.05) is 24.9 Å². The van der Waals surface area contributed by atoms with Crippen LogP contribution in [0.4, 0.5) is 8.78 Å². The number of carbonyl (C=O) groups is 2. The molecule has 6 atom stereocenters. The summed E-state index contributed by atoms with van der Waals surface area (Å²) in [6.45, 7) is -0.352. The van der Waals surface area contributed by atoms with Gasteiger partial charge in [-0.3, -0.25) is 9.69 Å². The van der Waals surface area contributed by atoms with Crippen molar-refractivity contribution in [3.05, 3.63) is 71.5 Å². The van der Waals surface area contributed by atoms with Crippen molar-refractivity contribution >= 4 is 27.9 Å². The minimum Gasteiger partial charge on any atom is -0.461 e. The SMILES string of the molecule is CBr.CN1C2CC(F)(OC(=O)C(COC(=O)c3cccc(F)c3)c3ccccc3)CC1[C@@H]1O[C@H]21. The molecule has 4 unspecified atom stereocenters. The smallest absolute Gasteiger partial charge is 0.338 e. The van der Waals surface area contributed by atoms with Crippen LogP contribution in [0.25, 0.3) is 0 Å². The molecule has 3 fully saturated rings. The second kappa shape index (κ2) is 10.1. The number of hydrogen-bond acceptors (Lipinski definition) is 6. The van der Waals surface area contributed by atoms with Crippen LogP contribution in [0.3, 0.4) is 0 Å². The molecule has 3 aliphatic heterocycles. The Hall–Kier alpha value is -2.36. The first kappa shape index (κ1) is 24.8. The summed E-state index contributed by atoms with van der Waals surface area (Å²) in [7, 11) is 1.94. The Morgan fingerprint density at radius 1 is 1.12 bits per heavy atom. The lowest BCUT2D eigenvalue weighted by atomic mass is 9.96. The van der Waals surface area contributed by atoms with E-state index in [1.165, 1.54) is 18.2 Å². The maximum absolute atomic E-state index is 15.6. The molecule has 0 amide bonds. The highest BCUT2D eigenvalue weighted by atomic mass is 79.9. The molecule has 2 bridgehead atoms. The molecule has 5 rings (SSSR count). The lowest BCUT2D eigenvalue weighted by Gasteiger charge is -2.41. The molecule has 34 heavy (non-hydrogen) atoms. The van der Waals surface area contributed by atoms with E-state index in [0.717, 1.165) is 6.07 Å². The number of nitrogens with zero attached hydrogens (tertiary/aromatic N) is 1. The average Bonchev–Trinajstić information content (AvgIpc) is 3.60. The van der Waals surface area contributed by atoms with Gasteiger partial charge >= 0.3 is 11.9 Å². The Labute approximate surface area is 205 Å². The summed E-state index contributed by atoms with van der Waals surface area (Å²) < 4.78 is 45.3. The predicted octanol–water partition coefficient (Wildman–Crippen LogP) is 4.23. The molecule has 3 heterocycles. The zero-order valence-electron chi connectivity index (χ0n) is 18.8. The first-order valence-electron chi connectivity index (χ1n) is 11.0. The van der Waals surface area contributed by atoms with Crippen molar-refractivity contribution in [3.63, 3.8) is 0 Å². The lowest BCUT2D eigenvalue weighted by molar-refractivity contribution is -0.206. The first-order valence-corrected chi connectivity index (χ1v) is 12.6. The van der Waals surface area contributed by atoms with Crippen LogP contribution in [0.2, 0.25) is 0 Å². The van der Waals surface area contributed by atoms with Gasteiger partial charge in [0.25, 0.3) is 5.85 Å². The summed E-state index contributed by atoms with van der Waals surface area (Å²) in [6.07, 6.45) is 0.0755. The summed E-state index contributed by atoms with van der Waals surface area (Å²) in [5, 5.41) is 0. The molecule has 0 aliphatic carbocycles. The van der Waals surface area contributed by atoms with Crippen LogP contribution in [0.15, 0.2) is 54.6 Å². The maximum atomic E-state index is 15.6. The summed E-state index contributed by atoms with van der Waals surface area (Å²) in [6, 6.07) is 13.4. The molecule has 0 N–H and O–H groups in total. The average molecular weight is 538 g/mol. The van der Waals surface area contributed by atoms with Crippen molar-refractivity contribution in [2.24, 2.45) is 0 Å². The van der Waals surface area contributed by atoms with E-state index in [1.54, 1.807) is 30.3 Å². The quantitative estimate of drug-likeness (QED) is 0.312. The molecule has 0 spiro atoms. The summed E-state index contributed by atoms with van der Waals surface area (Å²) in [4.78, 5) is 27.5. The van der Waals surface area contributed by atoms with E-state index in [1.807, 2.05) is 12.9 Å². The molecule has 6 nitrogen and oxygen atoms in total. The highest BCUT2D eigenvalue weighted by Crippen LogP contribution is 2.52. The summed E-state index contributed by atoms with van der Waals surface area (Å²) >= 11 is 2.94. The Morgan fingerprint density at radius 3 is 2.38 bits per heavy atom. The number of likely N-dealkylation sites (N-methyl/N-ethyl adjacent to an activating group) is 1. The van der Waals surface area contributed by atoms with Gasteiger partial charge in [0.2, 0.25) is 0 Å². The van der Waals surface area contributed by atoms with Crippen LogP contribution in [0.1, 0.15) is 34.7 Å². The van der Waals surface area contributed by atoms with Crippen LogP contribution in [0, 0.1) is 5.82 Å². The molecular weight excluding hydrogens is 512 g/mol. The van der Waals surface area contributed by atoms with Gasteiger partial charge in [-0.2, -0.15) is 4.39 Å². The van der Waals surface area contributed by atoms with Crippen molar-refractivity contribution in [1.82, 2.24) is 4.90 Å². The van der Waals surface area contributed by atoms with Crippen LogP contribution in [-0.4, -0.2) is 66.5 Å². The monoisotopic (exact) mass is 537 g/mol. The normalized spacial score (nSPS) is 29.8. The Morgan fingerprint density at radius 2 is 1.76 bits per heavy atom. The number of fused-ring (bicyclic) bond motifs is 5. The number of halogens is 3. The fraction of sp³-hybridized carbons (Fsp3) is 0.440. The Balaban J connectivity index is 0.00000133. The molecular formula is C25H26BrF2NO5. The Bertz CT molecular complexity index is 1020. The van der Waals surface area contributed by atoms with Crippen LogP contribution >= 0.6 is 15.9 Å². The Kier molecular flexibility index (Phi) is 7.35. The van der Waals surface area contributed by atoms with Crippen LogP contribution < -0.4 is 0 Å². The van der Waals surface area contributed by atoms with Gasteiger partial charge in [-0.25, -0.2) is 9.18 Å². The van der Waals surface area contributed by atoms with E-state index in [2.05, 4.69) is 20.8 Å². The fourth-order valence-corrected chi connectivity index (χ4v) is 4.87. The van der Waals surface area contributed by atoms with Crippen molar-refractivity contribution in [2.75, 3.05) is 19.5 Å². The van der Waals surface area contributed by atoms with Crippen LogP contribution in [-0.2, 0) is 19.0 Å². The molecule has 3 aliphatic rings. The number of alkyl halides is 2. The van der Waals surface area contributed by atoms with Gasteiger partial charge in [0.1, 0.15) is 30.5 Å². The standard InChI is InChI=1S/C24H23F2NO5.CH3Br/c1-27-18-11-24(26,12-19(27)21-20(18)31-21)32-23(29)17(14-6-3-2-4-7-14)13-30-22(28)15-8-5-9-16(25)10-15;1-2/h2-10,17-21H,11-13H2,1H3;1H3/t17?,18?,19?,20-,21+,24?;. The molecule has 9 heteroatoms. The number of ether oxygens (including phenoxy) is 3. The van der Waals surface area contributed by atoms with Gasteiger partial charge in [-0.15, -0.1) is 0 Å². The largest absolute Gasteiger partial charge is 0.461 e. The minimum absolute atomic E-state index is 0.00142. The zero-order chi connectivity index (χ0) is 24.5. The van der Waals surface area contributed by atoms with E-state index >= 15 is 4.39 Å². The fourth-order valence-electron chi connectivity index (χ4n) is 4.87. The van der Waals surface area contributed by atoms with Crippen molar-refractivity contribution in [1.29, 1.82) is 0 Å². The molecule has 3 saturated heterocycles. The highest BCUT2D eigenvalue weighted by Gasteiger charge is 2.66. The molecule has 0 radical (unpaired) electrons. The lowest BCUT2D eigenvalue weighted by Crippen LogP contribution is -2.53. The van der Waals surface area contributed by atoms with Gasteiger partial charge in [-0.1, -0.05) is 52.3 Å². The van der Waals surface area contributed by atoms with E-state index in [4.69, 9.17) is 14.2 Å². The number of benzene rings is 2. The second-order valence-corrected chi connectivity index (χ2v) is 8.65. The second-order valence-electron chi connectivity index (χ2n) is 8.65. The highest BCUT2D eigenvalue weighted by molar-refractivity contribution is 9.08. The third-order valence-electron chi connectivity index (χ3n) is 6.61. The molecule has 2 aromatic rings. The number of carbonyl (C=O) groups excluding carboxylic acids is 2. The van der Waals surface area contributed by atoms with Crippen molar-refractivity contribution in [2.45, 2.75) is 48.9 Å².